The molecular formula is C27H29ClN6O3. The topological polar surface area (TPSA) is 108 Å². The van der Waals surface area contributed by atoms with Crippen molar-refractivity contribution in [2.45, 2.75) is 13.3 Å². The number of piperazine rings is 1. The van der Waals surface area contributed by atoms with Gasteiger partial charge in [0.1, 0.15) is 11.6 Å². The number of nitrogens with one attached hydrogen (secondary N) is 2. The molecule has 0 spiro atoms. The lowest BCUT2D eigenvalue weighted by Crippen LogP contribution is -2.51. The highest BCUT2D eigenvalue weighted by molar-refractivity contribution is 6.36. The third kappa shape index (κ3) is 7.27. The van der Waals surface area contributed by atoms with Crippen molar-refractivity contribution < 1.29 is 14.4 Å². The van der Waals surface area contributed by atoms with Crippen molar-refractivity contribution in [1.82, 2.24) is 20.2 Å². The molecule has 1 aromatic heterocycles. The van der Waals surface area contributed by atoms with Gasteiger partial charge in [0, 0.05) is 69.3 Å². The van der Waals surface area contributed by atoms with Gasteiger partial charge in [0.25, 0.3) is 5.91 Å². The van der Waals surface area contributed by atoms with Crippen molar-refractivity contribution >= 4 is 40.8 Å². The van der Waals surface area contributed by atoms with Gasteiger partial charge in [0.15, 0.2) is 5.82 Å². The number of benzene rings is 2. The standard InChI is InChI=1S/C27H29ClN6O3/c1-19(35)29-11-12-30-24-18-25(32-26(31-24)21-7-9-22(28)10-8-21)33-13-15-34(16-14-33)27(37)23(36)17-20-5-3-2-4-6-20/h2-10,18H,11-17H2,1H3,(H,29,35)(H,30,31,32). The van der Waals surface area contributed by atoms with E-state index in [-0.39, 0.29) is 12.3 Å². The van der Waals surface area contributed by atoms with Crippen LogP contribution in [0.4, 0.5) is 11.6 Å². The third-order valence-corrected chi connectivity index (χ3v) is 6.21. The number of nitrogens with zero attached hydrogens (tertiary/aromatic N) is 4. The number of carbonyl (C=O) groups is 3. The summed E-state index contributed by atoms with van der Waals surface area (Å²) in [5, 5.41) is 6.61. The number of carbonyl (C=O) groups excluding carboxylic acids is 3. The Morgan fingerprint density at radius 1 is 0.919 bits per heavy atom. The first-order valence-corrected chi connectivity index (χ1v) is 12.5. The second-order valence-corrected chi connectivity index (χ2v) is 9.15. The van der Waals surface area contributed by atoms with Gasteiger partial charge in [-0.25, -0.2) is 9.97 Å². The Hall–Kier alpha value is -3.98. The molecule has 0 aliphatic carbocycles. The molecule has 0 saturated carbocycles. The molecule has 10 heteroatoms. The molecule has 2 N–H and O–H groups in total. The Kier molecular flexibility index (Phi) is 8.68. The third-order valence-electron chi connectivity index (χ3n) is 5.96. The van der Waals surface area contributed by atoms with Crippen LogP contribution < -0.4 is 15.5 Å². The number of hydrogen-bond acceptors (Lipinski definition) is 7. The van der Waals surface area contributed by atoms with E-state index in [1.54, 1.807) is 17.0 Å². The Morgan fingerprint density at radius 3 is 2.30 bits per heavy atom. The van der Waals surface area contributed by atoms with E-state index in [2.05, 4.69) is 20.5 Å². The van der Waals surface area contributed by atoms with E-state index in [0.717, 1.165) is 11.1 Å². The summed E-state index contributed by atoms with van der Waals surface area (Å²) >= 11 is 6.05. The van der Waals surface area contributed by atoms with Gasteiger partial charge in [-0.05, 0) is 29.8 Å². The lowest BCUT2D eigenvalue weighted by atomic mass is 10.1. The Morgan fingerprint density at radius 2 is 1.62 bits per heavy atom. The number of anilines is 2. The molecular weight excluding hydrogens is 492 g/mol. The predicted octanol–water partition coefficient (Wildman–Crippen LogP) is 2.81. The molecule has 0 bridgehead atoms. The van der Waals surface area contributed by atoms with E-state index in [1.807, 2.05) is 48.5 Å². The van der Waals surface area contributed by atoms with Crippen molar-refractivity contribution in [3.63, 3.8) is 0 Å². The molecule has 37 heavy (non-hydrogen) atoms. The minimum atomic E-state index is -0.451. The summed E-state index contributed by atoms with van der Waals surface area (Å²) in [7, 11) is 0. The zero-order valence-corrected chi connectivity index (χ0v) is 21.4. The van der Waals surface area contributed by atoms with Gasteiger partial charge in [0.05, 0.1) is 0 Å². The van der Waals surface area contributed by atoms with Crippen molar-refractivity contribution in [2.24, 2.45) is 0 Å². The summed E-state index contributed by atoms with van der Waals surface area (Å²) < 4.78 is 0. The predicted molar refractivity (Wildman–Crippen MR) is 144 cm³/mol. The smallest absolute Gasteiger partial charge is 0.290 e. The Bertz CT molecular complexity index is 1240. The van der Waals surface area contributed by atoms with Crippen LogP contribution in [0.25, 0.3) is 11.4 Å². The van der Waals surface area contributed by atoms with Crippen LogP contribution in [-0.4, -0.2) is 71.7 Å². The molecule has 1 saturated heterocycles. The van der Waals surface area contributed by atoms with Gasteiger partial charge in [-0.1, -0.05) is 41.9 Å². The molecule has 4 rings (SSSR count). The SMILES string of the molecule is CC(=O)NCCNc1cc(N2CCN(C(=O)C(=O)Cc3ccccc3)CC2)nc(-c2ccc(Cl)cc2)n1. The Labute approximate surface area is 220 Å². The summed E-state index contributed by atoms with van der Waals surface area (Å²) in [4.78, 5) is 49.5. The van der Waals surface area contributed by atoms with Crippen LogP contribution >= 0.6 is 11.6 Å². The molecule has 2 heterocycles. The molecule has 0 atom stereocenters. The number of halogens is 1. The molecule has 1 aliphatic rings. The van der Waals surface area contributed by atoms with Gasteiger partial charge < -0.3 is 20.4 Å². The van der Waals surface area contributed by atoms with Gasteiger partial charge >= 0.3 is 0 Å². The van der Waals surface area contributed by atoms with Gasteiger partial charge in [-0.2, -0.15) is 0 Å². The first-order valence-electron chi connectivity index (χ1n) is 12.1. The van der Waals surface area contributed by atoms with Crippen molar-refractivity contribution in [3.05, 3.63) is 71.2 Å². The fourth-order valence-electron chi connectivity index (χ4n) is 4.02. The highest BCUT2D eigenvalue weighted by Crippen LogP contribution is 2.24. The normalized spacial score (nSPS) is 13.2. The maximum Gasteiger partial charge on any atom is 0.290 e. The number of Topliss-reactive ketones (excluding diaryl/α,β-unsaturated/α-hetero) is 1. The van der Waals surface area contributed by atoms with Crippen molar-refractivity contribution in [2.75, 3.05) is 49.5 Å². The summed E-state index contributed by atoms with van der Waals surface area (Å²) in [6, 6.07) is 18.4. The fraction of sp³-hybridized carbons (Fsp3) is 0.296. The van der Waals surface area contributed by atoms with Crippen molar-refractivity contribution in [1.29, 1.82) is 0 Å². The summed E-state index contributed by atoms with van der Waals surface area (Å²) in [6.07, 6.45) is 0.101. The van der Waals surface area contributed by atoms with E-state index in [9.17, 15) is 14.4 Å². The monoisotopic (exact) mass is 520 g/mol. The molecule has 1 aliphatic heterocycles. The van der Waals surface area contributed by atoms with Crippen LogP contribution in [0.2, 0.25) is 5.02 Å². The van der Waals surface area contributed by atoms with Crippen molar-refractivity contribution in [3.8, 4) is 11.4 Å². The lowest BCUT2D eigenvalue weighted by Gasteiger charge is -2.35. The Balaban J connectivity index is 1.44. The fourth-order valence-corrected chi connectivity index (χ4v) is 4.14. The van der Waals surface area contributed by atoms with Crippen LogP contribution in [-0.2, 0) is 20.8 Å². The van der Waals surface area contributed by atoms with Gasteiger partial charge in [-0.15, -0.1) is 0 Å². The summed E-state index contributed by atoms with van der Waals surface area (Å²) in [6.45, 7) is 4.35. The van der Waals surface area contributed by atoms with Crippen LogP contribution in [0.3, 0.4) is 0 Å². The molecule has 0 unspecified atom stereocenters. The average molecular weight is 521 g/mol. The summed E-state index contributed by atoms with van der Waals surface area (Å²) in [5.41, 5.74) is 1.64. The first kappa shape index (κ1) is 26.1. The number of rotatable bonds is 9. The zero-order chi connectivity index (χ0) is 26.2. The van der Waals surface area contributed by atoms with E-state index in [1.165, 1.54) is 6.92 Å². The largest absolute Gasteiger partial charge is 0.368 e. The molecule has 9 nitrogen and oxygen atoms in total. The zero-order valence-electron chi connectivity index (χ0n) is 20.6. The number of ketones is 1. The van der Waals surface area contributed by atoms with Crippen LogP contribution in [0.5, 0.6) is 0 Å². The van der Waals surface area contributed by atoms with Crippen LogP contribution in [0.15, 0.2) is 60.7 Å². The average Bonchev–Trinajstić information content (AvgIpc) is 2.91. The summed E-state index contributed by atoms with van der Waals surface area (Å²) in [5.74, 6) is 0.918. The maximum atomic E-state index is 12.7. The maximum absolute atomic E-state index is 12.7. The number of amides is 2. The lowest BCUT2D eigenvalue weighted by molar-refractivity contribution is -0.144. The van der Waals surface area contributed by atoms with E-state index in [0.29, 0.717) is 61.8 Å². The minimum Gasteiger partial charge on any atom is -0.368 e. The second-order valence-electron chi connectivity index (χ2n) is 8.72. The minimum absolute atomic E-state index is 0.0956. The first-order chi connectivity index (χ1) is 17.9. The second kappa shape index (κ2) is 12.3. The molecule has 1 fully saturated rings. The molecule has 192 valence electrons. The molecule has 0 radical (unpaired) electrons. The molecule has 3 aromatic rings. The molecule has 2 amide bonds. The van der Waals surface area contributed by atoms with Crippen LogP contribution in [0, 0.1) is 0 Å². The quantitative estimate of drug-likeness (QED) is 0.330. The number of hydrogen-bond donors (Lipinski definition) is 2. The molecule has 2 aromatic carbocycles. The highest BCUT2D eigenvalue weighted by Gasteiger charge is 2.27. The van der Waals surface area contributed by atoms with E-state index >= 15 is 0 Å². The van der Waals surface area contributed by atoms with Gasteiger partial charge in [0.2, 0.25) is 11.7 Å². The van der Waals surface area contributed by atoms with Crippen LogP contribution in [0.1, 0.15) is 12.5 Å². The number of aromatic nitrogens is 2. The van der Waals surface area contributed by atoms with E-state index in [4.69, 9.17) is 16.6 Å². The highest BCUT2D eigenvalue weighted by atomic mass is 35.5. The van der Waals surface area contributed by atoms with Gasteiger partial charge in [-0.3, -0.25) is 14.4 Å². The van der Waals surface area contributed by atoms with E-state index < -0.39 is 11.7 Å².